The van der Waals surface area contributed by atoms with E-state index in [1.54, 1.807) is 0 Å². The fourth-order valence-corrected chi connectivity index (χ4v) is 6.07. The molecular weight excluding hydrogens is 346 g/mol. The average molecular weight is 377 g/mol. The standard InChI is InChI=1S/C20H28FGeN/c1-14-8-9-16(17(21)10-14)19-11-15(12-20(2,3)4)18(13-23-19)22(5,6)7/h8-11,13H,12H2,1-7H3/i1D3. The van der Waals surface area contributed by atoms with Gasteiger partial charge in [0.1, 0.15) is 0 Å². The van der Waals surface area contributed by atoms with Crippen LogP contribution >= 0.6 is 0 Å². The summed E-state index contributed by atoms with van der Waals surface area (Å²) in [6.45, 7) is 4.27. The molecule has 0 aliphatic rings. The second kappa shape index (κ2) is 6.39. The Morgan fingerprint density at radius 3 is 2.39 bits per heavy atom. The van der Waals surface area contributed by atoms with Crippen molar-refractivity contribution in [2.24, 2.45) is 5.41 Å². The number of aromatic nitrogens is 1. The van der Waals surface area contributed by atoms with Gasteiger partial charge in [-0.05, 0) is 0 Å². The first-order chi connectivity index (χ1) is 11.7. The number of pyridine rings is 1. The van der Waals surface area contributed by atoms with Gasteiger partial charge in [0, 0.05) is 0 Å². The summed E-state index contributed by atoms with van der Waals surface area (Å²) in [5.74, 6) is 6.44. The van der Waals surface area contributed by atoms with Crippen LogP contribution in [-0.2, 0) is 6.42 Å². The number of benzene rings is 1. The molecule has 0 saturated carbocycles. The molecule has 0 amide bonds. The Bertz CT molecular complexity index is 802. The predicted molar refractivity (Wildman–Crippen MR) is 101 cm³/mol. The van der Waals surface area contributed by atoms with Gasteiger partial charge < -0.3 is 0 Å². The van der Waals surface area contributed by atoms with Gasteiger partial charge in [-0.25, -0.2) is 0 Å². The van der Waals surface area contributed by atoms with Crippen LogP contribution in [-0.4, -0.2) is 18.3 Å². The fourth-order valence-electron chi connectivity index (χ4n) is 2.76. The van der Waals surface area contributed by atoms with Gasteiger partial charge in [-0.2, -0.15) is 0 Å². The maximum atomic E-state index is 14.6. The molecule has 0 spiro atoms. The Kier molecular flexibility index (Phi) is 3.95. The Morgan fingerprint density at radius 2 is 1.87 bits per heavy atom. The van der Waals surface area contributed by atoms with Gasteiger partial charge in [0.2, 0.25) is 0 Å². The third-order valence-corrected chi connectivity index (χ3v) is 8.10. The molecule has 0 N–H and O–H groups in total. The molecule has 0 radical (unpaired) electrons. The van der Waals surface area contributed by atoms with E-state index in [-0.39, 0.29) is 11.0 Å². The zero-order valence-electron chi connectivity index (χ0n) is 17.9. The summed E-state index contributed by atoms with van der Waals surface area (Å²) < 4.78 is 38.2. The van der Waals surface area contributed by atoms with Crippen LogP contribution in [0, 0.1) is 18.1 Å². The molecule has 2 aromatic rings. The van der Waals surface area contributed by atoms with Gasteiger partial charge in [0.25, 0.3) is 0 Å². The minimum absolute atomic E-state index is 0.00924. The van der Waals surface area contributed by atoms with E-state index >= 15 is 0 Å². The van der Waals surface area contributed by atoms with E-state index in [2.05, 4.69) is 43.0 Å². The van der Waals surface area contributed by atoms with Gasteiger partial charge >= 0.3 is 147 Å². The first kappa shape index (κ1) is 14.2. The summed E-state index contributed by atoms with van der Waals surface area (Å²) in [4.78, 5) is 4.52. The van der Waals surface area contributed by atoms with Gasteiger partial charge in [0.15, 0.2) is 0 Å². The second-order valence-corrected chi connectivity index (χ2v) is 19.0. The molecule has 0 saturated heterocycles. The molecule has 3 heteroatoms. The summed E-state index contributed by atoms with van der Waals surface area (Å²) in [5, 5.41) is 0. The van der Waals surface area contributed by atoms with Crippen LogP contribution in [0.4, 0.5) is 4.39 Å². The number of hydrogen-bond donors (Lipinski definition) is 0. The van der Waals surface area contributed by atoms with Gasteiger partial charge in [-0.1, -0.05) is 0 Å². The van der Waals surface area contributed by atoms with E-state index in [4.69, 9.17) is 4.11 Å². The Labute approximate surface area is 146 Å². The first-order valence-electron chi connectivity index (χ1n) is 9.48. The molecule has 124 valence electrons. The molecule has 2 rings (SSSR count). The first-order valence-corrected chi connectivity index (χ1v) is 15.3. The van der Waals surface area contributed by atoms with Crippen molar-refractivity contribution in [3.63, 3.8) is 0 Å². The predicted octanol–water partition coefficient (Wildman–Crippen LogP) is 5.33. The molecule has 1 aromatic carbocycles. The second-order valence-electron chi connectivity index (χ2n) is 8.41. The quantitative estimate of drug-likeness (QED) is 0.659. The molecule has 1 nitrogen and oxygen atoms in total. The Morgan fingerprint density at radius 1 is 1.17 bits per heavy atom. The minimum atomic E-state index is -2.31. The molecular formula is C20H28FGeN. The van der Waals surface area contributed by atoms with Crippen molar-refractivity contribution in [3.8, 4) is 11.3 Å². The zero-order valence-corrected chi connectivity index (χ0v) is 17.0. The van der Waals surface area contributed by atoms with Crippen molar-refractivity contribution >= 4 is 17.7 Å². The third-order valence-electron chi connectivity index (χ3n) is 3.76. The van der Waals surface area contributed by atoms with Gasteiger partial charge in [-0.15, -0.1) is 0 Å². The molecule has 0 aliphatic heterocycles. The third kappa shape index (κ3) is 4.66. The summed E-state index contributed by atoms with van der Waals surface area (Å²) >= 11 is -2.11. The van der Waals surface area contributed by atoms with Crippen LogP contribution in [0.25, 0.3) is 11.3 Å². The average Bonchev–Trinajstić information content (AvgIpc) is 2.43. The van der Waals surface area contributed by atoms with Gasteiger partial charge in [-0.3, -0.25) is 0 Å². The Hall–Kier alpha value is -1.16. The van der Waals surface area contributed by atoms with E-state index in [0.29, 0.717) is 11.3 Å². The number of halogens is 1. The molecule has 0 fully saturated rings. The van der Waals surface area contributed by atoms with Crippen molar-refractivity contribution in [2.45, 2.75) is 51.3 Å². The molecule has 1 heterocycles. The van der Waals surface area contributed by atoms with E-state index in [9.17, 15) is 4.39 Å². The van der Waals surface area contributed by atoms with Crippen LogP contribution < -0.4 is 4.40 Å². The maximum absolute atomic E-state index is 14.6. The SMILES string of the molecule is [2H]C([2H])([2H])c1ccc(-c2cc(CC(C)(C)C)[c]([Ge]([CH3])([CH3])[CH3])cn2)c(F)c1. The fraction of sp³-hybridized carbons (Fsp3) is 0.450. The molecule has 23 heavy (non-hydrogen) atoms. The van der Waals surface area contributed by atoms with Gasteiger partial charge in [0.05, 0.1) is 0 Å². The number of aryl methyl sites for hydroxylation is 1. The van der Waals surface area contributed by atoms with Crippen LogP contribution in [0.5, 0.6) is 0 Å². The van der Waals surface area contributed by atoms with Crippen molar-refractivity contribution in [3.05, 3.63) is 47.4 Å². The number of rotatable bonds is 3. The van der Waals surface area contributed by atoms with Crippen LogP contribution in [0.2, 0.25) is 17.3 Å². The molecule has 0 aliphatic carbocycles. The summed E-state index contributed by atoms with van der Waals surface area (Å²) in [6.07, 6.45) is 2.81. The molecule has 1 aromatic heterocycles. The van der Waals surface area contributed by atoms with Crippen molar-refractivity contribution < 1.29 is 8.50 Å². The summed E-state index contributed by atoms with van der Waals surface area (Å²) in [5.41, 5.74) is 2.27. The van der Waals surface area contributed by atoms with Crippen molar-refractivity contribution in [2.75, 3.05) is 0 Å². The van der Waals surface area contributed by atoms with E-state index in [1.165, 1.54) is 22.1 Å². The summed E-state index contributed by atoms with van der Waals surface area (Å²) in [7, 11) is 0. The zero-order chi connectivity index (χ0) is 19.9. The Balaban J connectivity index is 2.56. The van der Waals surface area contributed by atoms with Crippen molar-refractivity contribution in [1.29, 1.82) is 0 Å². The van der Waals surface area contributed by atoms with Crippen molar-refractivity contribution in [1.82, 2.24) is 4.98 Å². The van der Waals surface area contributed by atoms with Crippen LogP contribution in [0.3, 0.4) is 0 Å². The molecule has 0 atom stereocenters. The number of hydrogen-bond acceptors (Lipinski definition) is 1. The van der Waals surface area contributed by atoms with Crippen LogP contribution in [0.15, 0.2) is 30.5 Å². The summed E-state index contributed by atoms with van der Waals surface area (Å²) in [6, 6.07) is 6.08. The van der Waals surface area contributed by atoms with E-state index in [1.807, 2.05) is 12.3 Å². The van der Waals surface area contributed by atoms with Crippen LogP contribution in [0.1, 0.15) is 36.0 Å². The van der Waals surface area contributed by atoms with E-state index in [0.717, 1.165) is 12.5 Å². The topological polar surface area (TPSA) is 12.9 Å². The van der Waals surface area contributed by atoms with E-state index < -0.39 is 25.9 Å². The molecule has 0 unspecified atom stereocenters. The molecule has 0 bridgehead atoms. The monoisotopic (exact) mass is 378 g/mol. The normalized spacial score (nSPS) is 15.0. The number of nitrogens with zero attached hydrogens (tertiary/aromatic N) is 1.